The minimum atomic E-state index is -1.40. The number of benzene rings is 1. The molecular formula is C27H31ClN2O6. The van der Waals surface area contributed by atoms with Crippen LogP contribution in [-0.4, -0.2) is 70.8 Å². The fourth-order valence-electron chi connectivity index (χ4n) is 6.36. The van der Waals surface area contributed by atoms with E-state index in [9.17, 15) is 19.5 Å². The van der Waals surface area contributed by atoms with Gasteiger partial charge in [-0.15, -0.1) is 0 Å². The van der Waals surface area contributed by atoms with Crippen LogP contribution in [0.25, 0.3) is 0 Å². The Labute approximate surface area is 215 Å². The molecule has 192 valence electrons. The number of hydrogen-bond acceptors (Lipinski definition) is 6. The number of amides is 2. The number of halogens is 1. The summed E-state index contributed by atoms with van der Waals surface area (Å²) in [6.07, 6.45) is 8.78. The minimum Gasteiger partial charge on any atom is -0.465 e. The van der Waals surface area contributed by atoms with Gasteiger partial charge in [-0.05, 0) is 31.4 Å². The average Bonchev–Trinajstić information content (AvgIpc) is 3.22. The number of esters is 1. The molecule has 1 aromatic rings. The highest BCUT2D eigenvalue weighted by molar-refractivity contribution is 6.34. The summed E-state index contributed by atoms with van der Waals surface area (Å²) >= 11 is 6.47. The van der Waals surface area contributed by atoms with E-state index in [4.69, 9.17) is 21.1 Å². The Hall–Kier alpha value is -2.68. The summed E-state index contributed by atoms with van der Waals surface area (Å²) in [6.45, 7) is 3.87. The summed E-state index contributed by atoms with van der Waals surface area (Å²) in [5.41, 5.74) is -1.97. The summed E-state index contributed by atoms with van der Waals surface area (Å²) in [5.74, 6) is -3.13. The first-order chi connectivity index (χ1) is 17.3. The molecule has 4 aliphatic rings. The van der Waals surface area contributed by atoms with Gasteiger partial charge >= 0.3 is 5.97 Å². The van der Waals surface area contributed by atoms with Crippen LogP contribution in [0, 0.1) is 11.8 Å². The fraction of sp³-hybridized carbons (Fsp3) is 0.519. The predicted molar refractivity (Wildman–Crippen MR) is 133 cm³/mol. The maximum absolute atomic E-state index is 14.4. The van der Waals surface area contributed by atoms with Crippen LogP contribution in [-0.2, 0) is 23.9 Å². The first-order valence-corrected chi connectivity index (χ1v) is 12.9. The Morgan fingerprint density at radius 1 is 1.11 bits per heavy atom. The van der Waals surface area contributed by atoms with Crippen molar-refractivity contribution in [1.29, 1.82) is 0 Å². The second kappa shape index (κ2) is 9.32. The molecule has 5 rings (SSSR count). The van der Waals surface area contributed by atoms with E-state index >= 15 is 0 Å². The number of fused-ring (bicyclic) bond motifs is 2. The molecular weight excluding hydrogens is 484 g/mol. The van der Waals surface area contributed by atoms with Gasteiger partial charge in [0.05, 0.1) is 35.9 Å². The lowest BCUT2D eigenvalue weighted by Gasteiger charge is -2.40. The summed E-state index contributed by atoms with van der Waals surface area (Å²) < 4.78 is 12.4. The smallest absolute Gasteiger partial charge is 0.313 e. The molecule has 2 amide bonds. The zero-order chi connectivity index (χ0) is 25.7. The van der Waals surface area contributed by atoms with E-state index in [0.29, 0.717) is 30.0 Å². The van der Waals surface area contributed by atoms with Gasteiger partial charge in [0.15, 0.2) is 0 Å². The first-order valence-electron chi connectivity index (χ1n) is 12.6. The lowest BCUT2D eigenvalue weighted by atomic mass is 9.73. The lowest BCUT2D eigenvalue weighted by Crippen LogP contribution is -2.59. The third-order valence-corrected chi connectivity index (χ3v) is 8.38. The van der Waals surface area contributed by atoms with Gasteiger partial charge < -0.3 is 24.4 Å². The van der Waals surface area contributed by atoms with Crippen molar-refractivity contribution in [3.8, 4) is 0 Å². The van der Waals surface area contributed by atoms with Gasteiger partial charge in [-0.1, -0.05) is 61.9 Å². The van der Waals surface area contributed by atoms with E-state index in [1.54, 1.807) is 35.2 Å². The van der Waals surface area contributed by atoms with Gasteiger partial charge in [0.1, 0.15) is 23.2 Å². The van der Waals surface area contributed by atoms with Crippen LogP contribution in [0.1, 0.15) is 33.1 Å². The maximum Gasteiger partial charge on any atom is 0.313 e. The predicted octanol–water partition coefficient (Wildman–Crippen LogP) is 2.88. The van der Waals surface area contributed by atoms with Gasteiger partial charge in [-0.25, -0.2) is 0 Å². The average molecular weight is 515 g/mol. The molecule has 9 heteroatoms. The highest BCUT2D eigenvalue weighted by atomic mass is 35.5. The van der Waals surface area contributed by atoms with Crippen molar-refractivity contribution in [3.05, 3.63) is 53.6 Å². The fourth-order valence-corrected chi connectivity index (χ4v) is 6.60. The summed E-state index contributed by atoms with van der Waals surface area (Å²) in [7, 11) is 0. The van der Waals surface area contributed by atoms with Gasteiger partial charge in [0.2, 0.25) is 5.91 Å². The molecule has 0 saturated carbocycles. The van der Waals surface area contributed by atoms with Crippen LogP contribution in [0.4, 0.5) is 5.69 Å². The number of rotatable bonds is 5. The van der Waals surface area contributed by atoms with Crippen LogP contribution in [0.2, 0.25) is 5.02 Å². The molecule has 6 atom stereocenters. The van der Waals surface area contributed by atoms with Crippen LogP contribution < -0.4 is 4.90 Å². The number of hydrogen-bond donors (Lipinski definition) is 1. The molecule has 1 unspecified atom stereocenters. The van der Waals surface area contributed by atoms with Crippen LogP contribution >= 0.6 is 11.6 Å². The molecule has 4 aliphatic heterocycles. The molecule has 0 radical (unpaired) electrons. The second-order valence-corrected chi connectivity index (χ2v) is 10.2. The van der Waals surface area contributed by atoms with Gasteiger partial charge in [-0.2, -0.15) is 0 Å². The molecule has 1 N–H and O–H groups in total. The SMILES string of the molecule is CC[C@@H](CO)N1C(=O)[C@@H]2[C@@H]3C(=O)OCCC=C[C@]3(CC)O[C@@]23C=CCN(c2ccccc2Cl)C(=O)C13. The van der Waals surface area contributed by atoms with Crippen LogP contribution in [0.15, 0.2) is 48.6 Å². The topological polar surface area (TPSA) is 96.4 Å². The van der Waals surface area contributed by atoms with Crippen molar-refractivity contribution in [2.45, 2.75) is 56.4 Å². The number of carbonyl (C=O) groups is 3. The highest BCUT2D eigenvalue weighted by Gasteiger charge is 2.75. The Morgan fingerprint density at radius 2 is 1.89 bits per heavy atom. The molecule has 4 heterocycles. The second-order valence-electron chi connectivity index (χ2n) is 9.77. The van der Waals surface area contributed by atoms with Gasteiger partial charge in [0.25, 0.3) is 5.91 Å². The number of aliphatic hydroxyl groups is 1. The van der Waals surface area contributed by atoms with E-state index in [2.05, 4.69) is 0 Å². The third-order valence-electron chi connectivity index (χ3n) is 8.06. The number of para-hydroxylation sites is 1. The van der Waals surface area contributed by atoms with Crippen molar-refractivity contribution < 1.29 is 29.0 Å². The normalized spacial score (nSPS) is 34.4. The number of aliphatic hydroxyl groups excluding tert-OH is 1. The largest absolute Gasteiger partial charge is 0.465 e. The maximum atomic E-state index is 14.4. The zero-order valence-corrected chi connectivity index (χ0v) is 21.2. The van der Waals surface area contributed by atoms with Gasteiger partial charge in [0, 0.05) is 6.54 Å². The molecule has 1 spiro atoms. The summed E-state index contributed by atoms with van der Waals surface area (Å²) in [4.78, 5) is 44.9. The monoisotopic (exact) mass is 514 g/mol. The number of anilines is 1. The molecule has 2 saturated heterocycles. The zero-order valence-electron chi connectivity index (χ0n) is 20.4. The number of carbonyl (C=O) groups excluding carboxylic acids is 3. The van der Waals surface area contributed by atoms with E-state index in [0.717, 1.165) is 0 Å². The number of nitrogens with zero attached hydrogens (tertiary/aromatic N) is 2. The quantitative estimate of drug-likeness (QED) is 0.479. The third kappa shape index (κ3) is 3.45. The van der Waals surface area contributed by atoms with Crippen molar-refractivity contribution in [1.82, 2.24) is 4.90 Å². The van der Waals surface area contributed by atoms with Gasteiger partial charge in [-0.3, -0.25) is 14.4 Å². The molecule has 1 aromatic carbocycles. The molecule has 0 aliphatic carbocycles. The van der Waals surface area contributed by atoms with Crippen molar-refractivity contribution in [2.75, 3.05) is 24.7 Å². The Morgan fingerprint density at radius 3 is 2.58 bits per heavy atom. The van der Waals surface area contributed by atoms with E-state index in [1.165, 1.54) is 4.90 Å². The number of likely N-dealkylation sites (tertiary alicyclic amines) is 1. The molecule has 2 fully saturated rings. The number of ether oxygens (including phenoxy) is 2. The molecule has 0 aromatic heterocycles. The molecule has 8 nitrogen and oxygen atoms in total. The lowest BCUT2D eigenvalue weighted by molar-refractivity contribution is -0.161. The van der Waals surface area contributed by atoms with Crippen molar-refractivity contribution >= 4 is 35.1 Å². The van der Waals surface area contributed by atoms with Crippen molar-refractivity contribution in [3.63, 3.8) is 0 Å². The Balaban J connectivity index is 1.71. The van der Waals surface area contributed by atoms with Crippen LogP contribution in [0.5, 0.6) is 0 Å². The standard InChI is InChI=1S/C27H31ClN2O6/c1-3-17(16-31)30-22-24(33)29(19-11-6-5-10-18(19)28)14-9-13-27(22)20(23(30)32)21-25(34)35-15-8-7-12-26(21,4-2)36-27/h5-7,9-13,17,20-22,31H,3-4,8,14-16H2,1-2H3/t17-,20-,21+,22?,26-,27-/m0/s1. The van der Waals surface area contributed by atoms with Crippen LogP contribution in [0.3, 0.4) is 0 Å². The Bertz CT molecular complexity index is 1130. The minimum absolute atomic E-state index is 0.218. The van der Waals surface area contributed by atoms with Crippen molar-refractivity contribution in [2.24, 2.45) is 11.8 Å². The van der Waals surface area contributed by atoms with E-state index in [1.807, 2.05) is 32.1 Å². The summed E-state index contributed by atoms with van der Waals surface area (Å²) in [5, 5.41) is 10.6. The molecule has 36 heavy (non-hydrogen) atoms. The first kappa shape index (κ1) is 25.0. The highest BCUT2D eigenvalue weighted by Crippen LogP contribution is 2.58. The van der Waals surface area contributed by atoms with E-state index in [-0.39, 0.29) is 31.6 Å². The molecule has 0 bridgehead atoms. The number of cyclic esters (lactones) is 1. The summed E-state index contributed by atoms with van der Waals surface area (Å²) in [6, 6.07) is 5.34. The van der Waals surface area contributed by atoms with E-state index < -0.39 is 41.1 Å². The Kier molecular flexibility index (Phi) is 6.47.